The van der Waals surface area contributed by atoms with Crippen molar-refractivity contribution >= 4 is 21.4 Å². The van der Waals surface area contributed by atoms with Crippen LogP contribution in [0.15, 0.2) is 41.3 Å². The number of benzene rings is 2. The molecule has 0 aliphatic heterocycles. The van der Waals surface area contributed by atoms with E-state index in [1.54, 1.807) is 6.92 Å². The minimum absolute atomic E-state index is 0.0881. The van der Waals surface area contributed by atoms with Crippen molar-refractivity contribution in [3.8, 4) is 11.5 Å². The van der Waals surface area contributed by atoms with Gasteiger partial charge in [-0.2, -0.15) is 0 Å². The zero-order valence-electron chi connectivity index (χ0n) is 13.3. The molecule has 0 radical (unpaired) electrons. The van der Waals surface area contributed by atoms with E-state index >= 15 is 0 Å². The second-order valence-corrected chi connectivity index (χ2v) is 6.53. The van der Waals surface area contributed by atoms with E-state index < -0.39 is 14.9 Å². The lowest BCUT2D eigenvalue weighted by atomic mass is 10.2. The van der Waals surface area contributed by atoms with Gasteiger partial charge in [-0.3, -0.25) is 14.8 Å². The van der Waals surface area contributed by atoms with Crippen LogP contribution in [0.25, 0.3) is 0 Å². The first-order valence-electron chi connectivity index (χ1n) is 6.78. The number of hydrogen-bond acceptors (Lipinski definition) is 6. The van der Waals surface area contributed by atoms with Gasteiger partial charge in [0.2, 0.25) is 0 Å². The number of hydrogen-bond donors (Lipinski definition) is 1. The maximum Gasteiger partial charge on any atom is 0.274 e. The molecule has 0 unspecified atom stereocenters. The van der Waals surface area contributed by atoms with Crippen LogP contribution in [0.2, 0.25) is 0 Å². The van der Waals surface area contributed by atoms with Crippen molar-refractivity contribution in [2.24, 2.45) is 0 Å². The van der Waals surface area contributed by atoms with Crippen molar-refractivity contribution in [3.63, 3.8) is 0 Å². The SMILES string of the molecule is COc1ccc(S(=O)(=O)Nc2ccc(C)c([N+](=O)[O-])c2)c(OC)c1. The summed E-state index contributed by atoms with van der Waals surface area (Å²) in [4.78, 5) is 10.3. The first-order valence-corrected chi connectivity index (χ1v) is 8.26. The molecule has 0 heterocycles. The third kappa shape index (κ3) is 3.57. The molecule has 2 rings (SSSR count). The summed E-state index contributed by atoms with van der Waals surface area (Å²) < 4.78 is 37.5. The number of ether oxygens (including phenoxy) is 2. The highest BCUT2D eigenvalue weighted by Crippen LogP contribution is 2.30. The number of sulfonamides is 1. The molecule has 0 atom stereocenters. The Morgan fingerprint density at radius 2 is 1.79 bits per heavy atom. The second kappa shape index (κ2) is 6.75. The van der Waals surface area contributed by atoms with Crippen LogP contribution in [0.3, 0.4) is 0 Å². The van der Waals surface area contributed by atoms with E-state index in [1.165, 1.54) is 50.6 Å². The monoisotopic (exact) mass is 352 g/mol. The molecule has 0 fully saturated rings. The topological polar surface area (TPSA) is 108 Å². The number of nitro benzene ring substituents is 1. The number of rotatable bonds is 6. The molecule has 0 spiro atoms. The molecule has 0 amide bonds. The first-order chi connectivity index (χ1) is 11.3. The van der Waals surface area contributed by atoms with Crippen LogP contribution in [-0.2, 0) is 10.0 Å². The highest BCUT2D eigenvalue weighted by Gasteiger charge is 2.21. The molecule has 9 heteroatoms. The van der Waals surface area contributed by atoms with Gasteiger partial charge in [0.25, 0.3) is 15.7 Å². The summed E-state index contributed by atoms with van der Waals surface area (Å²) in [5, 5.41) is 11.0. The summed E-state index contributed by atoms with van der Waals surface area (Å²) in [5.74, 6) is 0.542. The molecule has 2 aromatic carbocycles. The zero-order valence-corrected chi connectivity index (χ0v) is 14.1. The second-order valence-electron chi connectivity index (χ2n) is 4.88. The molecule has 0 saturated carbocycles. The number of nitro groups is 1. The normalized spacial score (nSPS) is 11.0. The smallest absolute Gasteiger partial charge is 0.274 e. The van der Waals surface area contributed by atoms with Crippen LogP contribution in [0.1, 0.15) is 5.56 Å². The van der Waals surface area contributed by atoms with Gasteiger partial charge >= 0.3 is 0 Å². The third-order valence-electron chi connectivity index (χ3n) is 3.32. The summed E-state index contributed by atoms with van der Waals surface area (Å²) in [6.45, 7) is 1.57. The Balaban J connectivity index is 2.42. The third-order valence-corrected chi connectivity index (χ3v) is 4.74. The Morgan fingerprint density at radius 3 is 2.38 bits per heavy atom. The van der Waals surface area contributed by atoms with Gasteiger partial charge in [0.15, 0.2) is 0 Å². The van der Waals surface area contributed by atoms with Crippen molar-refractivity contribution < 1.29 is 22.8 Å². The lowest BCUT2D eigenvalue weighted by Gasteiger charge is -2.13. The quantitative estimate of drug-likeness (QED) is 0.632. The van der Waals surface area contributed by atoms with Crippen molar-refractivity contribution in [3.05, 3.63) is 52.1 Å². The van der Waals surface area contributed by atoms with Gasteiger partial charge in [-0.05, 0) is 25.1 Å². The van der Waals surface area contributed by atoms with Gasteiger partial charge in [-0.25, -0.2) is 8.42 Å². The van der Waals surface area contributed by atoms with Gasteiger partial charge in [-0.1, -0.05) is 6.07 Å². The van der Waals surface area contributed by atoms with Crippen LogP contribution in [0.4, 0.5) is 11.4 Å². The highest BCUT2D eigenvalue weighted by atomic mass is 32.2. The van der Waals surface area contributed by atoms with E-state index in [-0.39, 0.29) is 22.0 Å². The summed E-state index contributed by atoms with van der Waals surface area (Å²) in [7, 11) is -1.20. The summed E-state index contributed by atoms with van der Waals surface area (Å²) >= 11 is 0. The Kier molecular flexibility index (Phi) is 4.93. The van der Waals surface area contributed by atoms with E-state index in [0.29, 0.717) is 11.3 Å². The van der Waals surface area contributed by atoms with Crippen LogP contribution < -0.4 is 14.2 Å². The lowest BCUT2D eigenvalue weighted by Crippen LogP contribution is -2.14. The fraction of sp³-hybridized carbons (Fsp3) is 0.200. The summed E-state index contributed by atoms with van der Waals surface area (Å²) in [6.07, 6.45) is 0. The van der Waals surface area contributed by atoms with E-state index in [2.05, 4.69) is 4.72 Å². The molecule has 0 aliphatic carbocycles. The Hall–Kier alpha value is -2.81. The first kappa shape index (κ1) is 17.5. The van der Waals surface area contributed by atoms with E-state index in [1.807, 2.05) is 0 Å². The molecular formula is C15H16N2O6S. The van der Waals surface area contributed by atoms with Crippen molar-refractivity contribution in [2.45, 2.75) is 11.8 Å². The summed E-state index contributed by atoms with van der Waals surface area (Å²) in [5.41, 5.74) is 0.354. The maximum absolute atomic E-state index is 12.5. The molecule has 0 saturated heterocycles. The zero-order chi connectivity index (χ0) is 17.9. The predicted octanol–water partition coefficient (Wildman–Crippen LogP) is 2.72. The Morgan fingerprint density at radius 1 is 1.08 bits per heavy atom. The van der Waals surface area contributed by atoms with E-state index in [4.69, 9.17) is 9.47 Å². The summed E-state index contributed by atoms with van der Waals surface area (Å²) in [6, 6.07) is 8.35. The van der Waals surface area contributed by atoms with Gasteiger partial charge in [0.05, 0.1) is 24.8 Å². The Bertz CT molecular complexity index is 880. The molecule has 2 aromatic rings. The van der Waals surface area contributed by atoms with E-state index in [9.17, 15) is 18.5 Å². The van der Waals surface area contributed by atoms with Gasteiger partial charge in [0.1, 0.15) is 16.4 Å². The van der Waals surface area contributed by atoms with Crippen molar-refractivity contribution in [1.29, 1.82) is 0 Å². The maximum atomic E-state index is 12.5. The van der Waals surface area contributed by atoms with E-state index in [0.717, 1.165) is 0 Å². The molecule has 0 aromatic heterocycles. The molecule has 24 heavy (non-hydrogen) atoms. The highest BCUT2D eigenvalue weighted by molar-refractivity contribution is 7.92. The minimum atomic E-state index is -3.99. The fourth-order valence-electron chi connectivity index (χ4n) is 2.08. The van der Waals surface area contributed by atoms with Gasteiger partial charge in [0, 0.05) is 17.7 Å². The van der Waals surface area contributed by atoms with Crippen LogP contribution >= 0.6 is 0 Å². The van der Waals surface area contributed by atoms with Gasteiger partial charge < -0.3 is 9.47 Å². The van der Waals surface area contributed by atoms with Crippen LogP contribution in [-0.4, -0.2) is 27.6 Å². The molecule has 8 nitrogen and oxygen atoms in total. The largest absolute Gasteiger partial charge is 0.497 e. The number of aryl methyl sites for hydroxylation is 1. The predicted molar refractivity (Wildman–Crippen MR) is 88.2 cm³/mol. The number of nitrogens with zero attached hydrogens (tertiary/aromatic N) is 1. The van der Waals surface area contributed by atoms with Crippen LogP contribution in [0.5, 0.6) is 11.5 Å². The van der Waals surface area contributed by atoms with Crippen LogP contribution in [0, 0.1) is 17.0 Å². The standard InChI is InChI=1S/C15H16N2O6S/c1-10-4-5-11(8-13(10)17(18)19)16-24(20,21)15-7-6-12(22-2)9-14(15)23-3/h4-9,16H,1-3H3. The van der Waals surface area contributed by atoms with Gasteiger partial charge in [-0.15, -0.1) is 0 Å². The molecule has 0 bridgehead atoms. The lowest BCUT2D eigenvalue weighted by molar-refractivity contribution is -0.385. The average molecular weight is 352 g/mol. The molecular weight excluding hydrogens is 336 g/mol. The molecule has 0 aliphatic rings. The molecule has 128 valence electrons. The van der Waals surface area contributed by atoms with Crippen molar-refractivity contribution in [1.82, 2.24) is 0 Å². The number of anilines is 1. The molecule has 1 N–H and O–H groups in total. The Labute approximate surface area is 139 Å². The fourth-order valence-corrected chi connectivity index (χ4v) is 3.28. The van der Waals surface area contributed by atoms with Crippen molar-refractivity contribution in [2.75, 3.05) is 18.9 Å². The number of methoxy groups -OCH3 is 2. The average Bonchev–Trinajstić information content (AvgIpc) is 2.55. The number of nitrogens with one attached hydrogen (secondary N) is 1. The minimum Gasteiger partial charge on any atom is -0.497 e.